The Kier molecular flexibility index (Phi) is 6.58. The Labute approximate surface area is 182 Å². The quantitative estimate of drug-likeness (QED) is 0.583. The molecule has 0 aliphatic carbocycles. The average Bonchev–Trinajstić information content (AvgIpc) is 2.78. The molecule has 2 aliphatic rings. The highest BCUT2D eigenvalue weighted by atomic mass is 16.5. The first-order valence-electron chi connectivity index (χ1n) is 10.8. The highest BCUT2D eigenvalue weighted by Gasteiger charge is 2.24. The van der Waals surface area contributed by atoms with Gasteiger partial charge in [0.25, 0.3) is 0 Å². The molecule has 0 bridgehead atoms. The van der Waals surface area contributed by atoms with E-state index in [1.54, 1.807) is 19.2 Å². The van der Waals surface area contributed by atoms with E-state index in [1.165, 1.54) is 6.20 Å². The number of ether oxygens (including phenoxy) is 2. The lowest BCUT2D eigenvalue weighted by Crippen LogP contribution is -2.44. The number of nitrogens with zero attached hydrogens (tertiary/aromatic N) is 4. The van der Waals surface area contributed by atoms with E-state index < -0.39 is 0 Å². The van der Waals surface area contributed by atoms with Crippen LogP contribution in [0, 0.1) is 0 Å². The summed E-state index contributed by atoms with van der Waals surface area (Å²) in [6.45, 7) is 6.32. The Balaban J connectivity index is 1.88. The first-order valence-corrected chi connectivity index (χ1v) is 10.8. The third kappa shape index (κ3) is 4.60. The number of pyridine rings is 2. The van der Waals surface area contributed by atoms with E-state index >= 15 is 0 Å². The largest absolute Gasteiger partial charge is 0.405 e. The molecule has 2 aromatic rings. The lowest BCUT2D eigenvalue weighted by Gasteiger charge is -2.34. The second-order valence-electron chi connectivity index (χ2n) is 7.95. The van der Waals surface area contributed by atoms with Crippen molar-refractivity contribution in [2.75, 3.05) is 31.3 Å². The summed E-state index contributed by atoms with van der Waals surface area (Å²) in [6, 6.07) is 3.86. The van der Waals surface area contributed by atoms with E-state index in [4.69, 9.17) is 25.2 Å². The third-order valence-electron chi connectivity index (χ3n) is 5.69. The maximum absolute atomic E-state index is 12.5. The number of nitrogens with two attached hydrogens (primary N) is 1. The molecule has 2 unspecified atom stereocenters. The SMILES string of the molecule is CC(=O)c1cc(N2CCOCC2C)nc2c(C(C=CN)=NC3CCCCO3)nccc12. The van der Waals surface area contributed by atoms with Crippen molar-refractivity contribution < 1.29 is 14.3 Å². The maximum atomic E-state index is 12.5. The summed E-state index contributed by atoms with van der Waals surface area (Å²) < 4.78 is 11.4. The van der Waals surface area contributed by atoms with E-state index in [9.17, 15) is 4.79 Å². The zero-order valence-electron chi connectivity index (χ0n) is 18.1. The lowest BCUT2D eigenvalue weighted by molar-refractivity contribution is 0.0224. The number of aromatic nitrogens is 2. The van der Waals surface area contributed by atoms with Crippen LogP contribution in [0.3, 0.4) is 0 Å². The van der Waals surface area contributed by atoms with Crippen molar-refractivity contribution in [2.24, 2.45) is 10.7 Å². The zero-order chi connectivity index (χ0) is 21.8. The molecule has 164 valence electrons. The number of fused-ring (bicyclic) bond motifs is 1. The molecule has 0 radical (unpaired) electrons. The average molecular weight is 424 g/mol. The highest BCUT2D eigenvalue weighted by molar-refractivity contribution is 6.17. The molecule has 2 fully saturated rings. The molecule has 0 spiro atoms. The molecular formula is C23H29N5O3. The molecule has 0 amide bonds. The number of carbonyl (C=O) groups is 1. The zero-order valence-corrected chi connectivity index (χ0v) is 18.1. The van der Waals surface area contributed by atoms with E-state index in [1.807, 2.05) is 12.1 Å². The molecule has 0 saturated carbocycles. The number of ketones is 1. The van der Waals surface area contributed by atoms with Crippen molar-refractivity contribution in [1.29, 1.82) is 0 Å². The molecule has 2 aromatic heterocycles. The summed E-state index contributed by atoms with van der Waals surface area (Å²) in [7, 11) is 0. The topological polar surface area (TPSA) is 103 Å². The number of anilines is 1. The first-order chi connectivity index (χ1) is 15.1. The van der Waals surface area contributed by atoms with Gasteiger partial charge in [-0.2, -0.15) is 0 Å². The van der Waals surface area contributed by atoms with Crippen LogP contribution in [0.5, 0.6) is 0 Å². The fraction of sp³-hybridized carbons (Fsp3) is 0.478. The van der Waals surface area contributed by atoms with Gasteiger partial charge in [0.1, 0.15) is 23.3 Å². The number of rotatable bonds is 5. The minimum absolute atomic E-state index is 0.0183. The minimum Gasteiger partial charge on any atom is -0.405 e. The fourth-order valence-electron chi connectivity index (χ4n) is 4.09. The van der Waals surface area contributed by atoms with Crippen LogP contribution in [0.4, 0.5) is 5.82 Å². The third-order valence-corrected chi connectivity index (χ3v) is 5.69. The molecule has 2 saturated heterocycles. The minimum atomic E-state index is -0.230. The standard InChI is InChI=1S/C23H29N5O3/c1-15-14-30-12-10-28(15)20-13-18(16(2)29)17-7-9-25-23(22(17)27-20)19(6-8-24)26-21-5-3-4-11-31-21/h6-9,13,15,21H,3-5,10-12,14,24H2,1-2H3. The smallest absolute Gasteiger partial charge is 0.160 e. The highest BCUT2D eigenvalue weighted by Crippen LogP contribution is 2.28. The van der Waals surface area contributed by atoms with Crippen LogP contribution < -0.4 is 10.6 Å². The number of hydrogen-bond acceptors (Lipinski definition) is 8. The second kappa shape index (κ2) is 9.53. The van der Waals surface area contributed by atoms with Gasteiger partial charge in [-0.15, -0.1) is 0 Å². The van der Waals surface area contributed by atoms with Gasteiger partial charge < -0.3 is 20.1 Å². The van der Waals surface area contributed by atoms with Gasteiger partial charge in [-0.25, -0.2) is 4.98 Å². The Hall–Kier alpha value is -2.84. The Bertz CT molecular complexity index is 1010. The monoisotopic (exact) mass is 423 g/mol. The lowest BCUT2D eigenvalue weighted by atomic mass is 10.0. The Morgan fingerprint density at radius 1 is 1.35 bits per heavy atom. The number of hydrogen-bond donors (Lipinski definition) is 1. The van der Waals surface area contributed by atoms with Crippen LogP contribution in [-0.2, 0) is 9.47 Å². The normalized spacial score (nSPS) is 22.9. The number of allylic oxidation sites excluding steroid dienone is 1. The van der Waals surface area contributed by atoms with Gasteiger partial charge in [-0.3, -0.25) is 14.8 Å². The van der Waals surface area contributed by atoms with Gasteiger partial charge >= 0.3 is 0 Å². The molecule has 2 N–H and O–H groups in total. The second-order valence-corrected chi connectivity index (χ2v) is 7.95. The van der Waals surface area contributed by atoms with Crippen LogP contribution in [0.25, 0.3) is 10.9 Å². The number of morpholine rings is 1. The molecule has 8 heteroatoms. The molecule has 0 aromatic carbocycles. The number of carbonyl (C=O) groups excluding carboxylic acids is 1. The van der Waals surface area contributed by atoms with Crippen molar-refractivity contribution in [3.63, 3.8) is 0 Å². The summed E-state index contributed by atoms with van der Waals surface area (Å²) >= 11 is 0. The predicted molar refractivity (Wildman–Crippen MR) is 121 cm³/mol. The molecule has 2 atom stereocenters. The Morgan fingerprint density at radius 3 is 2.94 bits per heavy atom. The molecule has 2 aliphatic heterocycles. The van der Waals surface area contributed by atoms with Crippen molar-refractivity contribution in [2.45, 2.75) is 45.4 Å². The van der Waals surface area contributed by atoms with Gasteiger partial charge in [0.15, 0.2) is 5.78 Å². The summed E-state index contributed by atoms with van der Waals surface area (Å²) in [4.78, 5) is 29.0. The van der Waals surface area contributed by atoms with E-state index in [0.29, 0.717) is 48.9 Å². The van der Waals surface area contributed by atoms with Crippen LogP contribution in [0.15, 0.2) is 35.6 Å². The van der Waals surface area contributed by atoms with Crippen molar-refractivity contribution in [3.8, 4) is 0 Å². The molecule has 4 heterocycles. The summed E-state index contributed by atoms with van der Waals surface area (Å²) in [5.74, 6) is 0.725. The van der Waals surface area contributed by atoms with Gasteiger partial charge in [0.05, 0.1) is 25.0 Å². The van der Waals surface area contributed by atoms with Gasteiger partial charge in [-0.05, 0) is 57.5 Å². The van der Waals surface area contributed by atoms with Crippen LogP contribution in [0.2, 0.25) is 0 Å². The van der Waals surface area contributed by atoms with Crippen LogP contribution in [0.1, 0.15) is 49.2 Å². The van der Waals surface area contributed by atoms with Crippen molar-refractivity contribution in [1.82, 2.24) is 9.97 Å². The number of Topliss-reactive ketones (excluding diaryl/α,β-unsaturated/α-hetero) is 1. The van der Waals surface area contributed by atoms with Gasteiger partial charge in [0, 0.05) is 30.3 Å². The Morgan fingerprint density at radius 2 is 2.23 bits per heavy atom. The molecular weight excluding hydrogens is 394 g/mol. The molecule has 31 heavy (non-hydrogen) atoms. The van der Waals surface area contributed by atoms with E-state index in [0.717, 1.165) is 30.5 Å². The first kappa shape index (κ1) is 21.4. The van der Waals surface area contributed by atoms with Gasteiger partial charge in [0.2, 0.25) is 0 Å². The summed E-state index contributed by atoms with van der Waals surface area (Å²) in [6.07, 6.45) is 7.60. The van der Waals surface area contributed by atoms with Crippen LogP contribution in [-0.4, -0.2) is 60.1 Å². The molecule has 4 rings (SSSR count). The van der Waals surface area contributed by atoms with Crippen molar-refractivity contribution in [3.05, 3.63) is 41.9 Å². The van der Waals surface area contributed by atoms with E-state index in [2.05, 4.69) is 16.8 Å². The van der Waals surface area contributed by atoms with E-state index in [-0.39, 0.29) is 18.1 Å². The van der Waals surface area contributed by atoms with Gasteiger partial charge in [-0.1, -0.05) is 0 Å². The fourth-order valence-corrected chi connectivity index (χ4v) is 4.09. The predicted octanol–water partition coefficient (Wildman–Crippen LogP) is 2.85. The summed E-state index contributed by atoms with van der Waals surface area (Å²) in [5, 5.41) is 0.754. The summed E-state index contributed by atoms with van der Waals surface area (Å²) in [5.41, 5.74) is 8.19. The number of aliphatic imine (C=N–C) groups is 1. The van der Waals surface area contributed by atoms with Crippen LogP contribution >= 0.6 is 0 Å². The van der Waals surface area contributed by atoms with Crippen molar-refractivity contribution >= 4 is 28.2 Å². The maximum Gasteiger partial charge on any atom is 0.160 e. The molecule has 8 nitrogen and oxygen atoms in total.